The second-order valence-electron chi connectivity index (χ2n) is 8.64. The van der Waals surface area contributed by atoms with E-state index < -0.39 is 143 Å². The van der Waals surface area contributed by atoms with Crippen molar-refractivity contribution in [1.82, 2.24) is 0 Å². The fourth-order valence-corrected chi connectivity index (χ4v) is 4.36. The van der Waals surface area contributed by atoms with E-state index in [1.165, 1.54) is 10.6 Å². The van der Waals surface area contributed by atoms with Gasteiger partial charge in [-0.15, -0.1) is 0 Å². The Hall–Kier alpha value is -5.04. The van der Waals surface area contributed by atoms with Crippen LogP contribution in [0.1, 0.15) is 0 Å². The van der Waals surface area contributed by atoms with E-state index in [1.807, 2.05) is 0 Å². The highest BCUT2D eigenvalue weighted by atomic mass is 19.4. The van der Waals surface area contributed by atoms with Gasteiger partial charge >= 0.3 is 0 Å². The van der Waals surface area contributed by atoms with Gasteiger partial charge in [0.15, 0.2) is 87.1 Å². The van der Waals surface area contributed by atoms with E-state index in [2.05, 4.69) is 0 Å². The van der Waals surface area contributed by atoms with Gasteiger partial charge in [-0.3, -0.25) is 0 Å². The van der Waals surface area contributed by atoms with Crippen molar-refractivity contribution in [3.8, 4) is 22.3 Å². The summed E-state index contributed by atoms with van der Waals surface area (Å²) in [5, 5.41) is 0.160. The van der Waals surface area contributed by atoms with Crippen molar-refractivity contribution >= 4 is 34.1 Å². The monoisotopic (exact) mass is 652 g/mol. The highest BCUT2D eigenvalue weighted by Gasteiger charge is 2.39. The molecule has 0 saturated heterocycles. The zero-order valence-electron chi connectivity index (χ0n) is 20.1. The third-order valence-electron chi connectivity index (χ3n) is 6.35. The van der Waals surface area contributed by atoms with Crippen LogP contribution in [-0.2, 0) is 0 Å². The molecule has 4 bridgehead atoms. The van der Waals surface area contributed by atoms with E-state index in [9.17, 15) is 61.6 Å². The summed E-state index contributed by atoms with van der Waals surface area (Å²) in [5.41, 5.74) is -16.6. The first kappa shape index (κ1) is 30.4. The highest BCUT2D eigenvalue weighted by Crippen LogP contribution is 2.51. The average Bonchev–Trinajstić information content (AvgIpc) is 2.98. The molecule has 6 rings (SSSR count). The van der Waals surface area contributed by atoms with Gasteiger partial charge in [0, 0.05) is 0 Å². The van der Waals surface area contributed by atoms with Crippen molar-refractivity contribution < 1.29 is 70.4 Å². The van der Waals surface area contributed by atoms with Crippen LogP contribution >= 0.6 is 0 Å². The number of halogens is 16. The van der Waals surface area contributed by atoms with Crippen molar-refractivity contribution in [2.24, 2.45) is 0 Å². The van der Waals surface area contributed by atoms with Crippen LogP contribution in [0.3, 0.4) is 0 Å². The Kier molecular flexibility index (Phi) is 6.92. The molecule has 0 spiro atoms. The van der Waals surface area contributed by atoms with E-state index in [0.717, 1.165) is 0 Å². The Morgan fingerprint density at radius 2 is 0.682 bits per heavy atom. The Balaban J connectivity index is 2.07. The summed E-state index contributed by atoms with van der Waals surface area (Å²) in [6, 6.07) is 0. The largest absolute Gasteiger partial charge is 0.395 e. The van der Waals surface area contributed by atoms with Crippen molar-refractivity contribution in [2.75, 3.05) is 21.7 Å². The molecular formula is C24H4F16N4. The zero-order valence-corrected chi connectivity index (χ0v) is 20.1. The van der Waals surface area contributed by atoms with Gasteiger partial charge in [-0.2, -0.15) is 0 Å². The maximum atomic E-state index is 15.5. The summed E-state index contributed by atoms with van der Waals surface area (Å²) >= 11 is 0. The quantitative estimate of drug-likeness (QED) is 0.0587. The molecule has 0 aliphatic carbocycles. The van der Waals surface area contributed by atoms with Crippen LogP contribution in [0.4, 0.5) is 105 Å². The lowest BCUT2D eigenvalue weighted by Gasteiger charge is -2.23. The number of nitrogens with one attached hydrogen (secondary N) is 2. The van der Waals surface area contributed by atoms with Crippen LogP contribution in [0.2, 0.25) is 0 Å². The van der Waals surface area contributed by atoms with Gasteiger partial charge in [0.25, 0.3) is 0 Å². The minimum absolute atomic E-state index is 1.30. The predicted molar refractivity (Wildman–Crippen MR) is 119 cm³/mol. The molecule has 0 atom stereocenters. The van der Waals surface area contributed by atoms with Crippen molar-refractivity contribution in [3.05, 3.63) is 81.4 Å². The molecule has 4 N–H and O–H groups in total. The van der Waals surface area contributed by atoms with E-state index in [1.54, 1.807) is 0 Å². The van der Waals surface area contributed by atoms with Crippen LogP contribution in [0, 0.1) is 81.4 Å². The Morgan fingerprint density at radius 1 is 0.341 bits per heavy atom. The molecule has 4 aromatic rings. The summed E-state index contributed by atoms with van der Waals surface area (Å²) in [6.07, 6.45) is 0. The first-order valence-electron chi connectivity index (χ1n) is 11.0. The van der Waals surface area contributed by atoms with E-state index in [4.69, 9.17) is 5.73 Å². The number of fused-ring (bicyclic) bond motifs is 2. The standard InChI is InChI=1S/C24H4F16N4/c25-5-2-1-6(26)14(34)22(15(35)7(1)27)43-23-19(41)13(33)10(30)4(20(23)42-21(11(2)31)16(36)12(5)32)3-8(28)17(37)24(44(39)40)18(38)9(3)29/h42-43H,41H2. The normalized spacial score (nSPS) is 12.1. The lowest BCUT2D eigenvalue weighted by molar-refractivity contribution is 0.223. The number of rotatable bonds is 2. The average molecular weight is 652 g/mol. The Labute approximate surface area is 230 Å². The zero-order chi connectivity index (χ0) is 32.8. The lowest BCUT2D eigenvalue weighted by Crippen LogP contribution is -2.14. The molecule has 0 unspecified atom stereocenters. The molecule has 2 heterocycles. The molecule has 0 radical (unpaired) electrons. The summed E-state index contributed by atoms with van der Waals surface area (Å²) in [4.78, 5) is 0. The van der Waals surface area contributed by atoms with Crippen molar-refractivity contribution in [2.45, 2.75) is 0 Å². The minimum Gasteiger partial charge on any atom is -0.395 e. The minimum atomic E-state index is -2.98. The molecule has 4 nitrogen and oxygen atoms in total. The third kappa shape index (κ3) is 3.88. The molecule has 0 saturated carbocycles. The fraction of sp³-hybridized carbons (Fsp3) is 0. The SMILES string of the molecule is Nc1c(F)c(F)c(-c2c(F)c(F)c(N(F)F)c(F)c2F)c2c1Nc1c(F)c(F)c(c(F)c1F)-c1c(F)c(F)c(F)c(c1F)N2. The van der Waals surface area contributed by atoms with E-state index >= 15 is 8.78 Å². The topological polar surface area (TPSA) is 53.3 Å². The number of benzene rings is 4. The number of anilines is 6. The van der Waals surface area contributed by atoms with Gasteiger partial charge in [0.1, 0.15) is 11.4 Å². The van der Waals surface area contributed by atoms with Gasteiger partial charge in [-0.1, -0.05) is 8.96 Å². The third-order valence-corrected chi connectivity index (χ3v) is 6.35. The van der Waals surface area contributed by atoms with Crippen LogP contribution in [0.15, 0.2) is 0 Å². The molecular weight excluding hydrogens is 648 g/mol. The summed E-state index contributed by atoms with van der Waals surface area (Å²) in [5.74, 6) is -38.8. The molecule has 44 heavy (non-hydrogen) atoms. The van der Waals surface area contributed by atoms with Gasteiger partial charge in [-0.25, -0.2) is 61.5 Å². The lowest BCUT2D eigenvalue weighted by atomic mass is 9.97. The van der Waals surface area contributed by atoms with Gasteiger partial charge in [0.05, 0.1) is 39.3 Å². The number of nitrogens with zero attached hydrogens (tertiary/aromatic N) is 1. The molecule has 0 fully saturated rings. The van der Waals surface area contributed by atoms with Gasteiger partial charge in [0.2, 0.25) is 0 Å². The number of nitrogens with two attached hydrogens (primary N) is 1. The molecule has 4 aromatic carbocycles. The number of hydrogen-bond donors (Lipinski definition) is 3. The molecule has 0 aromatic heterocycles. The molecule has 20 heteroatoms. The summed E-state index contributed by atoms with van der Waals surface area (Å²) in [7, 11) is 0. The first-order valence-corrected chi connectivity index (χ1v) is 11.0. The maximum absolute atomic E-state index is 15.5. The molecule has 232 valence electrons. The van der Waals surface area contributed by atoms with Crippen molar-refractivity contribution in [3.63, 3.8) is 0 Å². The van der Waals surface area contributed by atoms with Crippen LogP contribution in [-0.4, -0.2) is 0 Å². The smallest absolute Gasteiger partial charge is 0.197 e. The number of nitrogen functional groups attached to an aromatic ring is 1. The van der Waals surface area contributed by atoms with Gasteiger partial charge in [-0.05, 0) is 5.34 Å². The Bertz CT molecular complexity index is 1900. The van der Waals surface area contributed by atoms with Gasteiger partial charge < -0.3 is 16.4 Å². The predicted octanol–water partition coefficient (Wildman–Crippen LogP) is 8.93. The maximum Gasteiger partial charge on any atom is 0.197 e. The van der Waals surface area contributed by atoms with Crippen LogP contribution in [0.5, 0.6) is 0 Å². The first-order chi connectivity index (χ1) is 20.4. The van der Waals surface area contributed by atoms with Crippen molar-refractivity contribution in [1.29, 1.82) is 0 Å². The highest BCUT2D eigenvalue weighted by molar-refractivity contribution is 5.99. The molecule has 0 amide bonds. The molecule has 2 aliphatic rings. The summed E-state index contributed by atoms with van der Waals surface area (Å²) < 4.78 is 234. The molecule has 2 aliphatic heterocycles. The number of hydrogen-bond acceptors (Lipinski definition) is 4. The van der Waals surface area contributed by atoms with E-state index in [-0.39, 0.29) is 0 Å². The Morgan fingerprint density at radius 3 is 1.18 bits per heavy atom. The fourth-order valence-electron chi connectivity index (χ4n) is 4.36. The second kappa shape index (κ2) is 10.0. The van der Waals surface area contributed by atoms with Crippen LogP contribution < -0.4 is 21.7 Å². The van der Waals surface area contributed by atoms with E-state index in [0.29, 0.717) is 0 Å². The van der Waals surface area contributed by atoms with Crippen LogP contribution in [0.25, 0.3) is 22.3 Å². The second-order valence-corrected chi connectivity index (χ2v) is 8.64. The summed E-state index contributed by atoms with van der Waals surface area (Å²) in [6.45, 7) is 0.